The number of nitrogens with one attached hydrogen (secondary N) is 2. The summed E-state index contributed by atoms with van der Waals surface area (Å²) < 4.78 is 15.8. The molecule has 1 fully saturated rings. The lowest BCUT2D eigenvalue weighted by molar-refractivity contribution is -0.124. The summed E-state index contributed by atoms with van der Waals surface area (Å²) in [5.41, 5.74) is 0.543. The Hall–Kier alpha value is -2.16. The number of ether oxygens (including phenoxy) is 3. The first kappa shape index (κ1) is 18.6. The SMILES string of the molecule is CC(NC(=O)CN1CCOCC1)NC(C)C(=O)c1ccc2c(c1)OCO2. The zero-order valence-corrected chi connectivity index (χ0v) is 15.1. The van der Waals surface area contributed by atoms with Crippen molar-refractivity contribution >= 4 is 11.7 Å². The van der Waals surface area contributed by atoms with Crippen molar-refractivity contribution in [2.75, 3.05) is 39.6 Å². The molecule has 2 aliphatic rings. The normalized spacial score (nSPS) is 19.0. The van der Waals surface area contributed by atoms with Gasteiger partial charge in [-0.2, -0.15) is 0 Å². The van der Waals surface area contributed by atoms with Gasteiger partial charge in [-0.25, -0.2) is 0 Å². The van der Waals surface area contributed by atoms with Gasteiger partial charge in [0, 0.05) is 18.7 Å². The minimum atomic E-state index is -0.450. The molecule has 0 radical (unpaired) electrons. The molecule has 0 aliphatic carbocycles. The summed E-state index contributed by atoms with van der Waals surface area (Å²) in [4.78, 5) is 26.8. The zero-order chi connectivity index (χ0) is 18.5. The molecule has 2 N–H and O–H groups in total. The molecule has 0 bridgehead atoms. The molecule has 8 heteroatoms. The lowest BCUT2D eigenvalue weighted by Gasteiger charge is -2.27. The first-order valence-electron chi connectivity index (χ1n) is 8.82. The second-order valence-corrected chi connectivity index (χ2v) is 6.50. The summed E-state index contributed by atoms with van der Waals surface area (Å²) in [7, 11) is 0. The van der Waals surface area contributed by atoms with Gasteiger partial charge in [0.1, 0.15) is 0 Å². The molecule has 2 heterocycles. The van der Waals surface area contributed by atoms with Crippen LogP contribution in [-0.4, -0.2) is 68.4 Å². The summed E-state index contributed by atoms with van der Waals surface area (Å²) in [6, 6.07) is 4.69. The maximum atomic E-state index is 12.6. The van der Waals surface area contributed by atoms with Crippen molar-refractivity contribution in [2.24, 2.45) is 0 Å². The van der Waals surface area contributed by atoms with Crippen LogP contribution in [0.3, 0.4) is 0 Å². The van der Waals surface area contributed by atoms with Crippen molar-refractivity contribution in [3.05, 3.63) is 23.8 Å². The first-order chi connectivity index (χ1) is 12.5. The third-order valence-corrected chi connectivity index (χ3v) is 4.40. The Morgan fingerprint density at radius 2 is 1.88 bits per heavy atom. The van der Waals surface area contributed by atoms with Gasteiger partial charge in [-0.1, -0.05) is 0 Å². The van der Waals surface area contributed by atoms with E-state index in [2.05, 4.69) is 10.6 Å². The third-order valence-electron chi connectivity index (χ3n) is 4.40. The first-order valence-corrected chi connectivity index (χ1v) is 8.82. The van der Waals surface area contributed by atoms with Crippen molar-refractivity contribution in [2.45, 2.75) is 26.1 Å². The number of fused-ring (bicyclic) bond motifs is 1. The topological polar surface area (TPSA) is 89.1 Å². The van der Waals surface area contributed by atoms with Crippen LogP contribution in [-0.2, 0) is 9.53 Å². The predicted octanol–water partition coefficient (Wildman–Crippen LogP) is 0.371. The number of hydrogen-bond acceptors (Lipinski definition) is 7. The van der Waals surface area contributed by atoms with E-state index in [4.69, 9.17) is 14.2 Å². The van der Waals surface area contributed by atoms with E-state index in [1.165, 1.54) is 0 Å². The molecule has 2 atom stereocenters. The second kappa shape index (κ2) is 8.48. The van der Waals surface area contributed by atoms with Crippen LogP contribution in [0.25, 0.3) is 0 Å². The van der Waals surface area contributed by atoms with Crippen molar-refractivity contribution in [1.29, 1.82) is 0 Å². The standard InChI is InChI=1S/C18H25N3O5/c1-12(18(23)14-3-4-15-16(9-14)26-11-25-15)19-13(2)20-17(22)10-21-5-7-24-8-6-21/h3-4,9,12-13,19H,5-8,10-11H2,1-2H3,(H,20,22). The number of amides is 1. The Balaban J connectivity index is 1.47. The van der Waals surface area contributed by atoms with Crippen LogP contribution in [0.4, 0.5) is 0 Å². The van der Waals surface area contributed by atoms with Crippen molar-refractivity contribution < 1.29 is 23.8 Å². The van der Waals surface area contributed by atoms with E-state index in [-0.39, 0.29) is 24.6 Å². The smallest absolute Gasteiger partial charge is 0.235 e. The lowest BCUT2D eigenvalue weighted by atomic mass is 10.0. The summed E-state index contributed by atoms with van der Waals surface area (Å²) in [5, 5.41) is 5.99. The number of hydrogen-bond donors (Lipinski definition) is 2. The number of Topliss-reactive ketones (excluding diaryl/α,β-unsaturated/α-hetero) is 1. The van der Waals surface area contributed by atoms with Crippen LogP contribution < -0.4 is 20.1 Å². The Morgan fingerprint density at radius 3 is 2.65 bits per heavy atom. The molecule has 0 saturated carbocycles. The molecule has 1 amide bonds. The van der Waals surface area contributed by atoms with Gasteiger partial charge in [0.15, 0.2) is 17.3 Å². The maximum absolute atomic E-state index is 12.6. The number of carbonyl (C=O) groups excluding carboxylic acids is 2. The minimum Gasteiger partial charge on any atom is -0.454 e. The van der Waals surface area contributed by atoms with E-state index in [1.54, 1.807) is 25.1 Å². The highest BCUT2D eigenvalue weighted by Gasteiger charge is 2.22. The van der Waals surface area contributed by atoms with Gasteiger partial charge in [0.2, 0.25) is 12.7 Å². The van der Waals surface area contributed by atoms with E-state index in [0.717, 1.165) is 13.1 Å². The molecule has 1 saturated heterocycles. The van der Waals surface area contributed by atoms with E-state index in [1.807, 2.05) is 11.8 Å². The number of nitrogens with zero attached hydrogens (tertiary/aromatic N) is 1. The maximum Gasteiger partial charge on any atom is 0.235 e. The predicted molar refractivity (Wildman–Crippen MR) is 94.4 cm³/mol. The monoisotopic (exact) mass is 363 g/mol. The number of benzene rings is 1. The van der Waals surface area contributed by atoms with Crippen molar-refractivity contribution in [1.82, 2.24) is 15.5 Å². The molecule has 3 rings (SSSR count). The molecule has 2 unspecified atom stereocenters. The second-order valence-electron chi connectivity index (χ2n) is 6.50. The molecule has 1 aromatic carbocycles. The minimum absolute atomic E-state index is 0.0717. The fraction of sp³-hybridized carbons (Fsp3) is 0.556. The number of carbonyl (C=O) groups is 2. The summed E-state index contributed by atoms with van der Waals surface area (Å²) in [6.45, 7) is 6.93. The fourth-order valence-corrected chi connectivity index (χ4v) is 3.04. The average molecular weight is 363 g/mol. The average Bonchev–Trinajstić information content (AvgIpc) is 3.09. The van der Waals surface area contributed by atoms with E-state index in [9.17, 15) is 9.59 Å². The van der Waals surface area contributed by atoms with Gasteiger partial charge in [-0.15, -0.1) is 0 Å². The van der Waals surface area contributed by atoms with Gasteiger partial charge in [-0.05, 0) is 32.0 Å². The van der Waals surface area contributed by atoms with Crippen molar-refractivity contribution in [3.63, 3.8) is 0 Å². The molecular formula is C18H25N3O5. The lowest BCUT2D eigenvalue weighted by Crippen LogP contribution is -2.52. The van der Waals surface area contributed by atoms with Crippen LogP contribution in [0, 0.1) is 0 Å². The highest BCUT2D eigenvalue weighted by atomic mass is 16.7. The molecular weight excluding hydrogens is 338 g/mol. The molecule has 2 aliphatic heterocycles. The van der Waals surface area contributed by atoms with E-state index in [0.29, 0.717) is 36.8 Å². The number of morpholine rings is 1. The molecule has 26 heavy (non-hydrogen) atoms. The quantitative estimate of drug-likeness (QED) is 0.534. The van der Waals surface area contributed by atoms with E-state index >= 15 is 0 Å². The summed E-state index contributed by atoms with van der Waals surface area (Å²) in [5.74, 6) is 1.08. The van der Waals surface area contributed by atoms with Gasteiger partial charge in [0.05, 0.1) is 32.0 Å². The van der Waals surface area contributed by atoms with Gasteiger partial charge in [-0.3, -0.25) is 19.8 Å². The molecule has 142 valence electrons. The molecule has 0 spiro atoms. The zero-order valence-electron chi connectivity index (χ0n) is 15.1. The Labute approximate surface area is 152 Å². The number of rotatable bonds is 7. The van der Waals surface area contributed by atoms with Crippen molar-refractivity contribution in [3.8, 4) is 11.5 Å². The largest absolute Gasteiger partial charge is 0.454 e. The van der Waals surface area contributed by atoms with Crippen LogP contribution in [0.5, 0.6) is 11.5 Å². The number of ketones is 1. The molecule has 8 nitrogen and oxygen atoms in total. The Bertz CT molecular complexity index is 660. The summed E-state index contributed by atoms with van der Waals surface area (Å²) in [6.07, 6.45) is -0.323. The van der Waals surface area contributed by atoms with Gasteiger partial charge < -0.3 is 19.5 Å². The third kappa shape index (κ3) is 4.72. The van der Waals surface area contributed by atoms with Gasteiger partial charge >= 0.3 is 0 Å². The van der Waals surface area contributed by atoms with Gasteiger partial charge in [0.25, 0.3) is 0 Å². The van der Waals surface area contributed by atoms with E-state index < -0.39 is 6.04 Å². The van der Waals surface area contributed by atoms with Crippen LogP contribution >= 0.6 is 0 Å². The fourth-order valence-electron chi connectivity index (χ4n) is 3.04. The van der Waals surface area contributed by atoms with Crippen LogP contribution in [0.1, 0.15) is 24.2 Å². The van der Waals surface area contributed by atoms with Crippen LogP contribution in [0.15, 0.2) is 18.2 Å². The molecule has 1 aromatic rings. The highest BCUT2D eigenvalue weighted by molar-refractivity contribution is 6.00. The van der Waals surface area contributed by atoms with Crippen LogP contribution in [0.2, 0.25) is 0 Å². The highest BCUT2D eigenvalue weighted by Crippen LogP contribution is 2.32. The Kier molecular flexibility index (Phi) is 6.08. The molecule has 0 aromatic heterocycles. The Morgan fingerprint density at radius 1 is 1.15 bits per heavy atom. The summed E-state index contributed by atoms with van der Waals surface area (Å²) >= 11 is 0.